The van der Waals surface area contributed by atoms with Gasteiger partial charge in [-0.05, 0) is 42.4 Å². The van der Waals surface area contributed by atoms with Crippen LogP contribution >= 0.6 is 0 Å². The Hall–Kier alpha value is -2.47. The summed E-state index contributed by atoms with van der Waals surface area (Å²) in [5.74, 6) is 0.749. The Balaban J connectivity index is 1.76. The first-order valence-corrected chi connectivity index (χ1v) is 9.96. The number of carbonyl (C=O) groups is 1. The molecule has 1 saturated heterocycles. The molecule has 0 amide bonds. The first-order chi connectivity index (χ1) is 13.6. The summed E-state index contributed by atoms with van der Waals surface area (Å²) in [5, 5.41) is 10.9. The number of piperidine rings is 1. The summed E-state index contributed by atoms with van der Waals surface area (Å²) in [6.07, 6.45) is 3.66. The van der Waals surface area contributed by atoms with Crippen LogP contribution in [0.1, 0.15) is 37.1 Å². The minimum absolute atomic E-state index is 0.0250. The number of fused-ring (bicyclic) bond motifs is 5. The molecule has 0 spiro atoms. The van der Waals surface area contributed by atoms with Crippen LogP contribution in [0, 0.1) is 11.8 Å². The van der Waals surface area contributed by atoms with Gasteiger partial charge in [0.1, 0.15) is 5.75 Å². The molecule has 4 rings (SSSR count). The van der Waals surface area contributed by atoms with Crippen LogP contribution < -0.4 is 4.74 Å². The van der Waals surface area contributed by atoms with E-state index in [2.05, 4.69) is 22.9 Å². The molecule has 0 bridgehead atoms. The van der Waals surface area contributed by atoms with Crippen LogP contribution in [-0.4, -0.2) is 48.3 Å². The fraction of sp³-hybridized carbons (Fsp3) is 0.500. The number of H-pyrrole nitrogens is 1. The quantitative estimate of drug-likeness (QED) is 0.477. The molecule has 1 fully saturated rings. The molecule has 1 aromatic carbocycles. The number of hydrogen-bond acceptors (Lipinski definition) is 5. The maximum Gasteiger partial charge on any atom is 0.337 e. The number of ether oxygens (including phenoxy) is 2. The van der Waals surface area contributed by atoms with E-state index in [-0.39, 0.29) is 12.0 Å². The number of aromatic nitrogens is 1. The number of nitrogens with one attached hydrogen (secondary N) is 1. The number of methoxy groups -OCH3 is 2. The van der Waals surface area contributed by atoms with Gasteiger partial charge in [0.25, 0.3) is 0 Å². The highest BCUT2D eigenvalue weighted by atomic mass is 16.5. The fourth-order valence-corrected chi connectivity index (χ4v) is 5.17. The summed E-state index contributed by atoms with van der Waals surface area (Å²) < 4.78 is 10.5. The zero-order valence-electron chi connectivity index (χ0n) is 16.7. The summed E-state index contributed by atoms with van der Waals surface area (Å²) in [5.41, 5.74) is 4.00. The van der Waals surface area contributed by atoms with E-state index in [9.17, 15) is 9.90 Å². The number of rotatable bonds is 4. The zero-order chi connectivity index (χ0) is 19.8. The van der Waals surface area contributed by atoms with Crippen molar-refractivity contribution in [3.63, 3.8) is 0 Å². The summed E-state index contributed by atoms with van der Waals surface area (Å²) in [7, 11) is 3.07. The van der Waals surface area contributed by atoms with E-state index < -0.39 is 5.97 Å². The van der Waals surface area contributed by atoms with Crippen molar-refractivity contribution in [3.8, 4) is 5.75 Å². The molecule has 0 saturated carbocycles. The average Bonchev–Trinajstić information content (AvgIpc) is 3.12. The molecule has 0 radical (unpaired) electrons. The predicted octanol–water partition coefficient (Wildman–Crippen LogP) is 3.74. The normalized spacial score (nSPS) is 25.2. The van der Waals surface area contributed by atoms with Gasteiger partial charge in [-0.25, -0.2) is 4.79 Å². The Morgan fingerprint density at radius 3 is 2.89 bits per heavy atom. The molecule has 1 aromatic heterocycles. The van der Waals surface area contributed by atoms with Gasteiger partial charge in [0.15, 0.2) is 0 Å². The number of aliphatic hydroxyl groups excluding tert-OH is 1. The molecular weight excluding hydrogens is 356 g/mol. The molecule has 0 aliphatic carbocycles. The van der Waals surface area contributed by atoms with Gasteiger partial charge in [-0.3, -0.25) is 4.90 Å². The number of hydrogen-bond donors (Lipinski definition) is 2. The largest absolute Gasteiger partial charge is 0.515 e. The van der Waals surface area contributed by atoms with Gasteiger partial charge in [-0.1, -0.05) is 19.4 Å². The predicted molar refractivity (Wildman–Crippen MR) is 107 cm³/mol. The Labute approximate surface area is 165 Å². The lowest BCUT2D eigenvalue weighted by Gasteiger charge is -2.46. The molecule has 6 heteroatoms. The second kappa shape index (κ2) is 7.51. The molecule has 1 unspecified atom stereocenters. The molecular formula is C22H28N2O4. The van der Waals surface area contributed by atoms with Gasteiger partial charge in [0.05, 0.1) is 32.1 Å². The lowest BCUT2D eigenvalue weighted by molar-refractivity contribution is -0.137. The topological polar surface area (TPSA) is 74.8 Å². The summed E-state index contributed by atoms with van der Waals surface area (Å²) >= 11 is 0. The molecule has 2 aliphatic rings. The third-order valence-electron chi connectivity index (χ3n) is 6.56. The highest BCUT2D eigenvalue weighted by Gasteiger charge is 2.42. The van der Waals surface area contributed by atoms with Crippen LogP contribution in [0.3, 0.4) is 0 Å². The van der Waals surface area contributed by atoms with Crippen molar-refractivity contribution in [2.75, 3.05) is 27.3 Å². The number of esters is 1. The second-order valence-corrected chi connectivity index (χ2v) is 7.75. The van der Waals surface area contributed by atoms with Crippen molar-refractivity contribution in [2.45, 2.75) is 32.2 Å². The van der Waals surface area contributed by atoms with Crippen molar-refractivity contribution in [1.82, 2.24) is 9.88 Å². The van der Waals surface area contributed by atoms with Crippen molar-refractivity contribution < 1.29 is 19.4 Å². The maximum absolute atomic E-state index is 12.2. The summed E-state index contributed by atoms with van der Waals surface area (Å²) in [6.45, 7) is 4.04. The Bertz CT molecular complexity index is 917. The van der Waals surface area contributed by atoms with Crippen LogP contribution in [0.5, 0.6) is 5.75 Å². The van der Waals surface area contributed by atoms with E-state index >= 15 is 0 Å². The Morgan fingerprint density at radius 1 is 1.39 bits per heavy atom. The van der Waals surface area contributed by atoms with Gasteiger partial charge in [-0.2, -0.15) is 0 Å². The smallest absolute Gasteiger partial charge is 0.337 e. The monoisotopic (exact) mass is 384 g/mol. The first kappa shape index (κ1) is 18.9. The van der Waals surface area contributed by atoms with Crippen LogP contribution in [0.2, 0.25) is 0 Å². The first-order valence-electron chi connectivity index (χ1n) is 9.96. The van der Waals surface area contributed by atoms with Gasteiger partial charge in [0, 0.05) is 29.7 Å². The number of aliphatic hydroxyl groups is 1. The van der Waals surface area contributed by atoms with E-state index in [1.54, 1.807) is 7.11 Å². The highest BCUT2D eigenvalue weighted by molar-refractivity contribution is 5.91. The fourth-order valence-electron chi connectivity index (χ4n) is 5.17. The Kier molecular flexibility index (Phi) is 5.06. The number of benzene rings is 1. The minimum Gasteiger partial charge on any atom is -0.515 e. The molecule has 6 nitrogen and oxygen atoms in total. The number of aromatic amines is 1. The molecule has 2 aliphatic heterocycles. The van der Waals surface area contributed by atoms with Crippen LogP contribution in [-0.2, 0) is 16.0 Å². The van der Waals surface area contributed by atoms with E-state index in [0.717, 1.165) is 49.9 Å². The van der Waals surface area contributed by atoms with Gasteiger partial charge in [-0.15, -0.1) is 0 Å². The minimum atomic E-state index is -0.436. The van der Waals surface area contributed by atoms with Gasteiger partial charge < -0.3 is 19.6 Å². The highest BCUT2D eigenvalue weighted by Crippen LogP contribution is 2.46. The molecule has 3 atom stereocenters. The summed E-state index contributed by atoms with van der Waals surface area (Å²) in [4.78, 5) is 18.4. The molecule has 2 N–H and O–H groups in total. The average molecular weight is 384 g/mol. The van der Waals surface area contributed by atoms with E-state index in [1.807, 2.05) is 12.1 Å². The van der Waals surface area contributed by atoms with Crippen molar-refractivity contribution >= 4 is 16.9 Å². The number of nitrogens with zero attached hydrogens (tertiary/aromatic N) is 1. The lowest BCUT2D eigenvalue weighted by atomic mass is 9.74. The standard InChI is InChI=1S/C22H28N2O4/c1-4-13-11-24-9-8-14-20-17(6-5-7-19(20)27-2)23-21(14)18(24)10-15(13)16(12-25)22(26)28-3/h5-7,12-13,15,18,23,25H,4,8-11H2,1-3H3/b16-12+/t13-,15+,18?/m1/s1. The maximum atomic E-state index is 12.2. The zero-order valence-corrected chi connectivity index (χ0v) is 16.7. The van der Waals surface area contributed by atoms with Crippen LogP contribution in [0.15, 0.2) is 30.0 Å². The molecule has 2 aromatic rings. The third-order valence-corrected chi connectivity index (χ3v) is 6.56. The Morgan fingerprint density at radius 2 is 2.21 bits per heavy atom. The molecule has 28 heavy (non-hydrogen) atoms. The van der Waals surface area contributed by atoms with Crippen molar-refractivity contribution in [3.05, 3.63) is 41.3 Å². The lowest BCUT2D eigenvalue weighted by Crippen LogP contribution is -2.46. The molecule has 3 heterocycles. The van der Waals surface area contributed by atoms with Gasteiger partial charge in [0.2, 0.25) is 0 Å². The SMILES string of the molecule is CC[C@@H]1CN2CCc3c([nH]c4cccc(OC)c34)C2C[C@@H]1/C(=C\O)C(=O)OC. The van der Waals surface area contributed by atoms with Crippen LogP contribution in [0.4, 0.5) is 0 Å². The van der Waals surface area contributed by atoms with Gasteiger partial charge >= 0.3 is 5.97 Å². The van der Waals surface area contributed by atoms with E-state index in [0.29, 0.717) is 11.5 Å². The third kappa shape index (κ3) is 2.87. The summed E-state index contributed by atoms with van der Waals surface area (Å²) in [6, 6.07) is 6.28. The van der Waals surface area contributed by atoms with E-state index in [1.165, 1.54) is 23.8 Å². The van der Waals surface area contributed by atoms with E-state index in [4.69, 9.17) is 9.47 Å². The second-order valence-electron chi connectivity index (χ2n) is 7.75. The van der Waals surface area contributed by atoms with Crippen LogP contribution in [0.25, 0.3) is 10.9 Å². The molecule has 150 valence electrons. The number of carbonyl (C=O) groups excluding carboxylic acids is 1. The van der Waals surface area contributed by atoms with Crippen molar-refractivity contribution in [1.29, 1.82) is 0 Å². The van der Waals surface area contributed by atoms with Crippen molar-refractivity contribution in [2.24, 2.45) is 11.8 Å².